The number of aromatic hydroxyl groups is 1. The Kier molecular flexibility index (Phi) is 3.60. The number of ether oxygens (including phenoxy) is 1. The van der Waals surface area contributed by atoms with E-state index in [1.807, 2.05) is 0 Å². The van der Waals surface area contributed by atoms with Gasteiger partial charge in [-0.2, -0.15) is 0 Å². The largest absolute Gasteiger partial charge is 0.573 e. The third kappa shape index (κ3) is 3.36. The molecule has 0 atom stereocenters. The summed E-state index contributed by atoms with van der Waals surface area (Å²) in [5, 5.41) is 9.45. The standard InChI is InChI=1S/C17H11F3O3/c18-17(19,20)23-14-4-1-10(2-5-14)7-12-8-11-9-13(21)3-6-15(11)16(12)22/h1-7,9,21H,8H2/b12-7+. The molecule has 0 radical (unpaired) electrons. The second-order valence-electron chi connectivity index (χ2n) is 5.13. The summed E-state index contributed by atoms with van der Waals surface area (Å²) in [5.41, 5.74) is 2.39. The Labute approximate surface area is 129 Å². The topological polar surface area (TPSA) is 46.5 Å². The Balaban J connectivity index is 1.82. The number of fused-ring (bicyclic) bond motifs is 1. The third-order valence-corrected chi connectivity index (χ3v) is 3.46. The molecule has 2 aromatic rings. The van der Waals surface area contributed by atoms with Gasteiger partial charge in [-0.25, -0.2) is 0 Å². The zero-order chi connectivity index (χ0) is 16.6. The van der Waals surface area contributed by atoms with Crippen LogP contribution in [0.3, 0.4) is 0 Å². The molecular weight excluding hydrogens is 309 g/mol. The summed E-state index contributed by atoms with van der Waals surface area (Å²) in [6.07, 6.45) is -2.73. The van der Waals surface area contributed by atoms with Gasteiger partial charge in [0.05, 0.1) is 0 Å². The van der Waals surface area contributed by atoms with E-state index in [4.69, 9.17) is 0 Å². The fraction of sp³-hybridized carbons (Fsp3) is 0.118. The second-order valence-corrected chi connectivity index (χ2v) is 5.13. The van der Waals surface area contributed by atoms with Crippen molar-refractivity contribution in [2.24, 2.45) is 0 Å². The molecule has 0 saturated heterocycles. The molecule has 3 rings (SSSR count). The van der Waals surface area contributed by atoms with E-state index in [-0.39, 0.29) is 17.3 Å². The Bertz CT molecular complexity index is 790. The Morgan fingerprint density at radius 2 is 1.78 bits per heavy atom. The van der Waals surface area contributed by atoms with Crippen molar-refractivity contribution in [1.29, 1.82) is 0 Å². The maximum atomic E-state index is 12.2. The lowest BCUT2D eigenvalue weighted by molar-refractivity contribution is -0.274. The molecule has 0 fully saturated rings. The Morgan fingerprint density at radius 1 is 1.09 bits per heavy atom. The van der Waals surface area contributed by atoms with E-state index >= 15 is 0 Å². The molecule has 1 aliphatic carbocycles. The monoisotopic (exact) mass is 320 g/mol. The maximum absolute atomic E-state index is 12.2. The van der Waals surface area contributed by atoms with Gasteiger partial charge in [-0.1, -0.05) is 12.1 Å². The van der Waals surface area contributed by atoms with E-state index in [0.29, 0.717) is 23.1 Å². The number of hydrogen-bond donors (Lipinski definition) is 1. The molecule has 118 valence electrons. The summed E-state index contributed by atoms with van der Waals surface area (Å²) < 4.78 is 40.1. The van der Waals surface area contributed by atoms with E-state index in [9.17, 15) is 23.1 Å². The fourth-order valence-electron chi connectivity index (χ4n) is 2.49. The van der Waals surface area contributed by atoms with Crippen LogP contribution in [-0.2, 0) is 6.42 Å². The molecule has 0 bridgehead atoms. The number of alkyl halides is 3. The van der Waals surface area contributed by atoms with Gasteiger partial charge >= 0.3 is 6.36 Å². The van der Waals surface area contributed by atoms with Gasteiger partial charge in [-0.05, 0) is 47.5 Å². The zero-order valence-electron chi connectivity index (χ0n) is 11.7. The van der Waals surface area contributed by atoms with Crippen molar-refractivity contribution in [3.05, 3.63) is 64.7 Å². The van der Waals surface area contributed by atoms with Crippen LogP contribution in [0.5, 0.6) is 11.5 Å². The first-order valence-corrected chi connectivity index (χ1v) is 6.75. The highest BCUT2D eigenvalue weighted by atomic mass is 19.4. The normalized spacial score (nSPS) is 15.8. The van der Waals surface area contributed by atoms with Crippen molar-refractivity contribution >= 4 is 11.9 Å². The number of ketones is 1. The van der Waals surface area contributed by atoms with Crippen molar-refractivity contribution in [2.45, 2.75) is 12.8 Å². The molecule has 0 unspecified atom stereocenters. The highest BCUT2D eigenvalue weighted by Gasteiger charge is 2.31. The van der Waals surface area contributed by atoms with Crippen LogP contribution in [0.2, 0.25) is 0 Å². The predicted octanol–water partition coefficient (Wildman–Crippen LogP) is 4.11. The zero-order valence-corrected chi connectivity index (χ0v) is 11.7. The molecule has 1 N–H and O–H groups in total. The van der Waals surface area contributed by atoms with Gasteiger partial charge in [-0.3, -0.25) is 4.79 Å². The number of phenols is 1. The van der Waals surface area contributed by atoms with Crippen LogP contribution < -0.4 is 4.74 Å². The van der Waals surface area contributed by atoms with Crippen molar-refractivity contribution in [2.75, 3.05) is 0 Å². The predicted molar refractivity (Wildman–Crippen MR) is 77.2 cm³/mol. The van der Waals surface area contributed by atoms with E-state index in [1.54, 1.807) is 12.1 Å². The molecule has 0 amide bonds. The first-order chi connectivity index (χ1) is 10.8. The molecule has 0 heterocycles. The molecule has 0 aromatic heterocycles. The number of carbonyl (C=O) groups excluding carboxylic acids is 1. The minimum Gasteiger partial charge on any atom is -0.508 e. The van der Waals surface area contributed by atoms with Crippen LogP contribution >= 0.6 is 0 Å². The van der Waals surface area contributed by atoms with Gasteiger partial charge in [0.15, 0.2) is 5.78 Å². The number of rotatable bonds is 2. The lowest BCUT2D eigenvalue weighted by Gasteiger charge is -2.08. The number of Topliss-reactive ketones (excluding diaryl/α,β-unsaturated/α-hetero) is 1. The molecule has 23 heavy (non-hydrogen) atoms. The van der Waals surface area contributed by atoms with Crippen molar-refractivity contribution in [1.82, 2.24) is 0 Å². The Hall–Kier alpha value is -2.76. The van der Waals surface area contributed by atoms with Crippen LogP contribution in [0.1, 0.15) is 21.5 Å². The molecule has 1 aliphatic rings. The lowest BCUT2D eigenvalue weighted by Crippen LogP contribution is -2.16. The second kappa shape index (κ2) is 5.46. The molecular formula is C17H11F3O3. The highest BCUT2D eigenvalue weighted by molar-refractivity contribution is 6.15. The number of halogens is 3. The van der Waals surface area contributed by atoms with Crippen molar-refractivity contribution in [3.8, 4) is 11.5 Å². The average Bonchev–Trinajstić information content (AvgIpc) is 2.75. The summed E-state index contributed by atoms with van der Waals surface area (Å²) >= 11 is 0. The fourth-order valence-corrected chi connectivity index (χ4v) is 2.49. The van der Waals surface area contributed by atoms with E-state index in [0.717, 1.165) is 5.56 Å². The van der Waals surface area contributed by atoms with E-state index in [1.165, 1.54) is 36.4 Å². The van der Waals surface area contributed by atoms with E-state index < -0.39 is 6.36 Å². The van der Waals surface area contributed by atoms with Gasteiger partial charge in [0.2, 0.25) is 0 Å². The number of hydrogen-bond acceptors (Lipinski definition) is 3. The molecule has 6 heteroatoms. The molecule has 3 nitrogen and oxygen atoms in total. The smallest absolute Gasteiger partial charge is 0.508 e. The summed E-state index contributed by atoms with van der Waals surface area (Å²) in [7, 11) is 0. The van der Waals surface area contributed by atoms with Gasteiger partial charge in [0.1, 0.15) is 11.5 Å². The van der Waals surface area contributed by atoms with Crippen molar-refractivity contribution in [3.63, 3.8) is 0 Å². The first-order valence-electron chi connectivity index (χ1n) is 6.75. The molecule has 0 saturated carbocycles. The number of phenolic OH excluding ortho intramolecular Hbond substituents is 1. The lowest BCUT2D eigenvalue weighted by atomic mass is 10.1. The van der Waals surface area contributed by atoms with Gasteiger partial charge in [0.25, 0.3) is 0 Å². The molecule has 0 aliphatic heterocycles. The number of allylic oxidation sites excluding steroid dienone is 1. The average molecular weight is 320 g/mol. The molecule has 0 spiro atoms. The van der Waals surface area contributed by atoms with E-state index in [2.05, 4.69) is 4.74 Å². The van der Waals surface area contributed by atoms with Crippen LogP contribution in [0.25, 0.3) is 6.08 Å². The number of carbonyl (C=O) groups is 1. The highest BCUT2D eigenvalue weighted by Crippen LogP contribution is 2.30. The number of benzene rings is 2. The van der Waals surface area contributed by atoms with Crippen LogP contribution in [0.4, 0.5) is 13.2 Å². The van der Waals surface area contributed by atoms with Gasteiger partial charge in [0, 0.05) is 17.6 Å². The van der Waals surface area contributed by atoms with Gasteiger partial charge < -0.3 is 9.84 Å². The maximum Gasteiger partial charge on any atom is 0.573 e. The molecule has 2 aromatic carbocycles. The van der Waals surface area contributed by atoms with Crippen molar-refractivity contribution < 1.29 is 27.8 Å². The first kappa shape index (κ1) is 15.1. The minimum absolute atomic E-state index is 0.0893. The Morgan fingerprint density at radius 3 is 2.43 bits per heavy atom. The summed E-state index contributed by atoms with van der Waals surface area (Å²) in [6.45, 7) is 0. The summed E-state index contributed by atoms with van der Waals surface area (Å²) in [4.78, 5) is 12.2. The van der Waals surface area contributed by atoms with Crippen LogP contribution in [0, 0.1) is 0 Å². The summed E-state index contributed by atoms with van der Waals surface area (Å²) in [6, 6.07) is 9.82. The van der Waals surface area contributed by atoms with Crippen LogP contribution in [-0.4, -0.2) is 17.3 Å². The van der Waals surface area contributed by atoms with Gasteiger partial charge in [-0.15, -0.1) is 13.2 Å². The summed E-state index contributed by atoms with van der Waals surface area (Å²) in [5.74, 6) is -0.368. The minimum atomic E-state index is -4.73. The SMILES string of the molecule is O=C1/C(=C/c2ccc(OC(F)(F)F)cc2)Cc2cc(O)ccc21. The third-order valence-electron chi connectivity index (χ3n) is 3.46. The van der Waals surface area contributed by atoms with Crippen LogP contribution in [0.15, 0.2) is 48.0 Å². The quantitative estimate of drug-likeness (QED) is 0.847.